The predicted octanol–water partition coefficient (Wildman–Crippen LogP) is 4.80. The van der Waals surface area contributed by atoms with E-state index in [-0.39, 0.29) is 5.75 Å². The molecule has 24 heavy (non-hydrogen) atoms. The lowest BCUT2D eigenvalue weighted by atomic mass is 9.95. The summed E-state index contributed by atoms with van der Waals surface area (Å²) in [5.41, 5.74) is 3.95. The van der Waals surface area contributed by atoms with E-state index in [1.54, 1.807) is 0 Å². The largest absolute Gasteiger partial charge is 0.524 e. The minimum absolute atomic E-state index is 0.186. The van der Waals surface area contributed by atoms with Crippen molar-refractivity contribution in [2.75, 3.05) is 0 Å². The number of hydrogen-bond acceptors (Lipinski definition) is 2. The average Bonchev–Trinajstić information content (AvgIpc) is 2.56. The molecule has 3 aromatic rings. The molecule has 0 fully saturated rings. The lowest BCUT2D eigenvalue weighted by molar-refractivity contribution is 0.284. The third-order valence-electron chi connectivity index (χ3n) is 3.61. The van der Waals surface area contributed by atoms with Crippen LogP contribution in [0, 0.1) is 6.92 Å². The molecule has 0 saturated heterocycles. The molecule has 0 radical (unpaired) electrons. The van der Waals surface area contributed by atoms with E-state index in [1.807, 2.05) is 79.7 Å². The van der Waals surface area contributed by atoms with Crippen LogP contribution in [0.1, 0.15) is 5.56 Å². The molecule has 0 amide bonds. The van der Waals surface area contributed by atoms with Gasteiger partial charge in [-0.3, -0.25) is 9.79 Å². The third kappa shape index (κ3) is 3.74. The molecule has 0 heterocycles. The van der Waals surface area contributed by atoms with Gasteiger partial charge in [0, 0.05) is 11.1 Å². The fourth-order valence-corrected chi connectivity index (χ4v) is 3.09. The smallest absolute Gasteiger partial charge is 0.403 e. The van der Waals surface area contributed by atoms with Gasteiger partial charge >= 0.3 is 7.82 Å². The van der Waals surface area contributed by atoms with Gasteiger partial charge in [-0.05, 0) is 35.7 Å². The average molecular weight is 340 g/mol. The fraction of sp³-hybridized carbons (Fsp3) is 0.0526. The van der Waals surface area contributed by atoms with Gasteiger partial charge in [0.2, 0.25) is 0 Å². The predicted molar refractivity (Wildman–Crippen MR) is 94.7 cm³/mol. The van der Waals surface area contributed by atoms with Crippen LogP contribution in [0.2, 0.25) is 0 Å². The van der Waals surface area contributed by atoms with Gasteiger partial charge in [-0.1, -0.05) is 60.7 Å². The second-order valence-corrected chi connectivity index (χ2v) is 6.67. The Morgan fingerprint density at radius 1 is 0.792 bits per heavy atom. The van der Waals surface area contributed by atoms with Crippen LogP contribution in [0.25, 0.3) is 22.3 Å². The summed E-state index contributed by atoms with van der Waals surface area (Å²) in [6, 6.07) is 22.6. The first-order valence-corrected chi connectivity index (χ1v) is 8.98. The molecule has 3 aromatic carbocycles. The Hall–Kier alpha value is -2.39. The fourth-order valence-electron chi connectivity index (χ4n) is 2.65. The third-order valence-corrected chi connectivity index (χ3v) is 4.03. The minimum Gasteiger partial charge on any atom is -0.403 e. The van der Waals surface area contributed by atoms with Crippen molar-refractivity contribution >= 4 is 7.82 Å². The van der Waals surface area contributed by atoms with E-state index in [2.05, 4.69) is 0 Å². The molecule has 0 spiro atoms. The number of phosphoric ester groups is 1. The van der Waals surface area contributed by atoms with Crippen molar-refractivity contribution in [3.63, 3.8) is 0 Å². The summed E-state index contributed by atoms with van der Waals surface area (Å²) < 4.78 is 16.6. The second kappa shape index (κ2) is 6.62. The van der Waals surface area contributed by atoms with Crippen LogP contribution in [0.4, 0.5) is 0 Å². The first-order valence-electron chi connectivity index (χ1n) is 7.45. The summed E-state index contributed by atoms with van der Waals surface area (Å²) in [5, 5.41) is 0. The lowest BCUT2D eigenvalue weighted by Gasteiger charge is -2.18. The molecule has 0 aliphatic rings. The van der Waals surface area contributed by atoms with Crippen molar-refractivity contribution in [1.29, 1.82) is 0 Å². The summed E-state index contributed by atoms with van der Waals surface area (Å²) in [7, 11) is -4.70. The summed E-state index contributed by atoms with van der Waals surface area (Å²) in [4.78, 5) is 18.7. The van der Waals surface area contributed by atoms with Crippen LogP contribution in [0.3, 0.4) is 0 Å². The van der Waals surface area contributed by atoms with Crippen LogP contribution in [-0.2, 0) is 4.57 Å². The molecule has 0 unspecified atom stereocenters. The Morgan fingerprint density at radius 2 is 1.21 bits per heavy atom. The molecule has 0 bridgehead atoms. The number of hydrogen-bond donors (Lipinski definition) is 2. The standard InChI is InChI=1S/C19H17O4P/c1-14-12-17(15-8-4-2-5-9-15)19(23-24(20,21)22)18(13-14)16-10-6-3-7-11-16/h2-13H,1H3,(H2,20,21,22). The van der Waals surface area contributed by atoms with Gasteiger partial charge in [0.15, 0.2) is 0 Å². The zero-order valence-corrected chi connectivity index (χ0v) is 14.0. The lowest BCUT2D eigenvalue weighted by Crippen LogP contribution is -1.97. The van der Waals surface area contributed by atoms with Crippen molar-refractivity contribution in [2.45, 2.75) is 6.92 Å². The van der Waals surface area contributed by atoms with Gasteiger partial charge in [-0.25, -0.2) is 4.57 Å². The highest BCUT2D eigenvalue weighted by Crippen LogP contribution is 2.47. The highest BCUT2D eigenvalue weighted by molar-refractivity contribution is 7.46. The van der Waals surface area contributed by atoms with Gasteiger partial charge in [-0.2, -0.15) is 0 Å². The van der Waals surface area contributed by atoms with Crippen molar-refractivity contribution in [1.82, 2.24) is 0 Å². The number of rotatable bonds is 4. The van der Waals surface area contributed by atoms with Crippen molar-refractivity contribution in [2.24, 2.45) is 0 Å². The van der Waals surface area contributed by atoms with E-state index in [0.29, 0.717) is 11.1 Å². The monoisotopic (exact) mass is 340 g/mol. The maximum Gasteiger partial charge on any atom is 0.524 e. The first-order chi connectivity index (χ1) is 11.4. The molecule has 0 aromatic heterocycles. The zero-order chi connectivity index (χ0) is 17.2. The Labute approximate surface area is 140 Å². The van der Waals surface area contributed by atoms with Crippen molar-refractivity contribution in [3.8, 4) is 28.0 Å². The number of phosphoric acid groups is 1. The molecule has 0 aliphatic heterocycles. The van der Waals surface area contributed by atoms with Crippen LogP contribution in [0.5, 0.6) is 5.75 Å². The van der Waals surface area contributed by atoms with Crippen LogP contribution >= 0.6 is 7.82 Å². The van der Waals surface area contributed by atoms with Crippen LogP contribution in [0.15, 0.2) is 72.8 Å². The highest BCUT2D eigenvalue weighted by atomic mass is 31.2. The number of benzene rings is 3. The summed E-state index contributed by atoms with van der Waals surface area (Å²) in [6.45, 7) is 1.94. The normalized spacial score (nSPS) is 11.3. The molecule has 122 valence electrons. The van der Waals surface area contributed by atoms with Crippen molar-refractivity contribution < 1.29 is 18.9 Å². The van der Waals surface area contributed by atoms with E-state index < -0.39 is 7.82 Å². The van der Waals surface area contributed by atoms with Crippen LogP contribution in [-0.4, -0.2) is 9.79 Å². The summed E-state index contributed by atoms with van der Waals surface area (Å²) in [6.07, 6.45) is 0. The molecular weight excluding hydrogens is 323 g/mol. The Morgan fingerprint density at radius 3 is 1.58 bits per heavy atom. The summed E-state index contributed by atoms with van der Waals surface area (Å²) in [5.74, 6) is 0.186. The molecule has 2 N–H and O–H groups in total. The van der Waals surface area contributed by atoms with E-state index >= 15 is 0 Å². The number of aryl methyl sites for hydroxylation is 1. The maximum atomic E-state index is 11.5. The Bertz CT molecular complexity index is 825. The zero-order valence-electron chi connectivity index (χ0n) is 13.1. The van der Waals surface area contributed by atoms with Crippen LogP contribution < -0.4 is 4.52 Å². The van der Waals surface area contributed by atoms with Gasteiger partial charge in [0.1, 0.15) is 5.75 Å². The van der Waals surface area contributed by atoms with Gasteiger partial charge in [-0.15, -0.1) is 0 Å². The molecular formula is C19H17O4P. The molecule has 5 heteroatoms. The quantitative estimate of drug-likeness (QED) is 0.670. The minimum atomic E-state index is -4.70. The van der Waals surface area contributed by atoms with Crippen molar-refractivity contribution in [3.05, 3.63) is 78.4 Å². The van der Waals surface area contributed by atoms with Gasteiger partial charge in [0.25, 0.3) is 0 Å². The van der Waals surface area contributed by atoms with E-state index in [4.69, 9.17) is 4.52 Å². The first kappa shape index (κ1) is 16.5. The highest BCUT2D eigenvalue weighted by Gasteiger charge is 2.23. The Kier molecular flexibility index (Phi) is 4.54. The topological polar surface area (TPSA) is 66.8 Å². The molecule has 3 rings (SSSR count). The van der Waals surface area contributed by atoms with E-state index in [1.165, 1.54) is 0 Å². The molecule has 4 nitrogen and oxygen atoms in total. The molecule has 0 aliphatic carbocycles. The summed E-state index contributed by atoms with van der Waals surface area (Å²) >= 11 is 0. The SMILES string of the molecule is Cc1cc(-c2ccccc2)c(OP(=O)(O)O)c(-c2ccccc2)c1. The Balaban J connectivity index is 2.29. The second-order valence-electron chi connectivity index (χ2n) is 5.50. The molecule has 0 saturated carbocycles. The van der Waals surface area contributed by atoms with E-state index in [9.17, 15) is 14.4 Å². The molecule has 0 atom stereocenters. The van der Waals surface area contributed by atoms with Gasteiger partial charge in [0.05, 0.1) is 0 Å². The maximum absolute atomic E-state index is 11.5. The van der Waals surface area contributed by atoms with E-state index in [0.717, 1.165) is 16.7 Å². The van der Waals surface area contributed by atoms with Gasteiger partial charge < -0.3 is 4.52 Å².